The third-order valence-corrected chi connectivity index (χ3v) is 7.22. The molecular weight excluding hydrogens is 606 g/mol. The lowest BCUT2D eigenvalue weighted by molar-refractivity contribution is -0.143. The predicted molar refractivity (Wildman–Crippen MR) is 147 cm³/mol. The number of alkyl halides is 2. The topological polar surface area (TPSA) is 131 Å². The zero-order valence-corrected chi connectivity index (χ0v) is 23.1. The Hall–Kier alpha value is -3.29. The quantitative estimate of drug-likeness (QED) is 0.220. The van der Waals surface area contributed by atoms with Crippen molar-refractivity contribution in [3.8, 4) is 17.1 Å². The molecule has 1 aliphatic rings. The molecule has 12 heteroatoms. The van der Waals surface area contributed by atoms with Crippen LogP contribution in [0.25, 0.3) is 11.4 Å². The first-order chi connectivity index (χ1) is 18.4. The minimum atomic E-state index is -0.781. The van der Waals surface area contributed by atoms with Crippen LogP contribution in [0, 0.1) is 12.8 Å². The molecule has 3 atom stereocenters. The maximum absolute atomic E-state index is 13.6. The van der Waals surface area contributed by atoms with Crippen LogP contribution in [0.3, 0.4) is 0 Å². The number of carboxylic acid groups (broad SMARTS) is 1. The van der Waals surface area contributed by atoms with E-state index in [-0.39, 0.29) is 18.6 Å². The van der Waals surface area contributed by atoms with Crippen molar-refractivity contribution in [2.75, 3.05) is 6.67 Å². The van der Waals surface area contributed by atoms with Crippen LogP contribution < -0.4 is 15.4 Å². The summed E-state index contributed by atoms with van der Waals surface area (Å²) in [6.07, 6.45) is 2.60. The number of amides is 2. The van der Waals surface area contributed by atoms with Gasteiger partial charge in [-0.15, -0.1) is 5.10 Å². The second kappa shape index (κ2) is 13.0. The van der Waals surface area contributed by atoms with E-state index in [1.165, 1.54) is 0 Å². The highest BCUT2D eigenvalue weighted by Crippen LogP contribution is 2.30. The Morgan fingerprint density at radius 1 is 1.24 bits per heavy atom. The standard InChI is InChI=1S/C26H30FIN6O4/c1-16-23(38-19-9-5-8-18(12-19)25(35)36)11-10-20(30-16)24-22(34(15-28)33-32-24)14-29-26(37)31-21(13-27)17-6-3-2-4-7-17/h2-4,6-7,10-11,18-19,21H,5,8-9,12-15H2,1H3,(H,35,36)(H2,29,31,37)/t18-,19-,21?/m0/s1. The number of rotatable bonds is 10. The molecule has 2 heterocycles. The fourth-order valence-electron chi connectivity index (χ4n) is 4.53. The van der Waals surface area contributed by atoms with Crippen LogP contribution in [-0.2, 0) is 15.9 Å². The molecule has 202 valence electrons. The minimum Gasteiger partial charge on any atom is -0.489 e. The summed E-state index contributed by atoms with van der Waals surface area (Å²) in [5, 5.41) is 23.2. The van der Waals surface area contributed by atoms with E-state index in [9.17, 15) is 19.1 Å². The van der Waals surface area contributed by atoms with E-state index < -0.39 is 24.7 Å². The number of carbonyl (C=O) groups excluding carboxylic acids is 1. The van der Waals surface area contributed by atoms with Gasteiger partial charge in [-0.25, -0.2) is 18.9 Å². The number of nitrogens with zero attached hydrogens (tertiary/aromatic N) is 4. The molecule has 4 rings (SSSR count). The summed E-state index contributed by atoms with van der Waals surface area (Å²) in [5.41, 5.74) is 3.07. The average molecular weight is 636 g/mol. The van der Waals surface area contributed by atoms with Crippen molar-refractivity contribution in [1.29, 1.82) is 0 Å². The van der Waals surface area contributed by atoms with Crippen LogP contribution in [0.2, 0.25) is 0 Å². The summed E-state index contributed by atoms with van der Waals surface area (Å²) in [5.74, 6) is -0.565. The molecule has 0 spiro atoms. The SMILES string of the molecule is Cc1nc(-c2nnn(CI)c2CNC(=O)NC(CF)c2ccccc2)ccc1O[C@H]1CCC[C@H](C(=O)O)C1. The van der Waals surface area contributed by atoms with Crippen LogP contribution in [0.4, 0.5) is 9.18 Å². The molecule has 1 aliphatic carbocycles. The number of carboxylic acids is 1. The first-order valence-corrected chi connectivity index (χ1v) is 13.9. The second-order valence-electron chi connectivity index (χ2n) is 9.17. The number of nitrogens with one attached hydrogen (secondary N) is 2. The van der Waals surface area contributed by atoms with Gasteiger partial charge >= 0.3 is 12.0 Å². The molecule has 2 aromatic heterocycles. The Labute approximate surface area is 233 Å². The number of ether oxygens (including phenoxy) is 1. The number of pyridine rings is 1. The number of urea groups is 1. The molecule has 38 heavy (non-hydrogen) atoms. The number of hydrogen-bond acceptors (Lipinski definition) is 6. The van der Waals surface area contributed by atoms with Gasteiger partial charge in [-0.1, -0.05) is 58.1 Å². The number of hydrogen-bond donors (Lipinski definition) is 3. The van der Waals surface area contributed by atoms with Crippen molar-refractivity contribution in [2.24, 2.45) is 5.92 Å². The van der Waals surface area contributed by atoms with Gasteiger partial charge in [0, 0.05) is 0 Å². The lowest BCUT2D eigenvalue weighted by atomic mass is 9.87. The van der Waals surface area contributed by atoms with Gasteiger partial charge in [0.1, 0.15) is 18.1 Å². The number of aryl methyl sites for hydroxylation is 1. The van der Waals surface area contributed by atoms with E-state index in [2.05, 4.69) is 48.5 Å². The van der Waals surface area contributed by atoms with E-state index in [1.807, 2.05) is 13.0 Å². The minimum absolute atomic E-state index is 0.114. The van der Waals surface area contributed by atoms with E-state index in [1.54, 1.807) is 41.1 Å². The summed E-state index contributed by atoms with van der Waals surface area (Å²) >= 11 is 2.15. The second-order valence-corrected chi connectivity index (χ2v) is 9.85. The normalized spacial score (nSPS) is 18.0. The first-order valence-electron chi connectivity index (χ1n) is 12.4. The van der Waals surface area contributed by atoms with E-state index >= 15 is 0 Å². The van der Waals surface area contributed by atoms with Gasteiger partial charge < -0.3 is 20.5 Å². The number of aliphatic carboxylic acids is 1. The van der Waals surface area contributed by atoms with Gasteiger partial charge in [-0.3, -0.25) is 4.79 Å². The zero-order chi connectivity index (χ0) is 27.1. The number of benzene rings is 1. The highest BCUT2D eigenvalue weighted by atomic mass is 127. The third-order valence-electron chi connectivity index (χ3n) is 6.58. The lowest BCUT2D eigenvalue weighted by Gasteiger charge is -2.27. The molecular formula is C26H30FIN6O4. The van der Waals surface area contributed by atoms with Crippen molar-refractivity contribution >= 4 is 34.6 Å². The molecule has 10 nitrogen and oxygen atoms in total. The predicted octanol–water partition coefficient (Wildman–Crippen LogP) is 4.57. The van der Waals surface area contributed by atoms with Crippen molar-refractivity contribution in [2.45, 2.75) is 55.8 Å². The Balaban J connectivity index is 1.44. The highest BCUT2D eigenvalue weighted by Gasteiger charge is 2.28. The Bertz CT molecular complexity index is 1260. The molecule has 1 fully saturated rings. The fourth-order valence-corrected chi connectivity index (χ4v) is 5.08. The number of halogens is 2. The molecule has 1 unspecified atom stereocenters. The molecule has 0 saturated heterocycles. The molecule has 0 aliphatic heterocycles. The van der Waals surface area contributed by atoms with Crippen molar-refractivity contribution in [3.63, 3.8) is 0 Å². The van der Waals surface area contributed by atoms with Crippen molar-refractivity contribution in [3.05, 3.63) is 59.4 Å². The summed E-state index contributed by atoms with van der Waals surface area (Å²) < 4.78 is 21.9. The monoisotopic (exact) mass is 636 g/mol. The summed E-state index contributed by atoms with van der Waals surface area (Å²) in [6, 6.07) is 11.3. The molecule has 0 radical (unpaired) electrons. The summed E-state index contributed by atoms with van der Waals surface area (Å²) in [4.78, 5) is 28.6. The first kappa shape index (κ1) is 27.7. The lowest BCUT2D eigenvalue weighted by Crippen LogP contribution is -2.38. The largest absolute Gasteiger partial charge is 0.489 e. The molecule has 2 amide bonds. The fraction of sp³-hybridized carbons (Fsp3) is 0.423. The van der Waals surface area contributed by atoms with Gasteiger partial charge in [0.2, 0.25) is 0 Å². The molecule has 1 aromatic carbocycles. The zero-order valence-electron chi connectivity index (χ0n) is 20.9. The smallest absolute Gasteiger partial charge is 0.315 e. The Morgan fingerprint density at radius 2 is 2.03 bits per heavy atom. The van der Waals surface area contributed by atoms with Gasteiger partial charge in [0.15, 0.2) is 0 Å². The maximum Gasteiger partial charge on any atom is 0.315 e. The average Bonchev–Trinajstić information content (AvgIpc) is 3.35. The van der Waals surface area contributed by atoms with E-state index in [0.717, 1.165) is 12.8 Å². The van der Waals surface area contributed by atoms with Gasteiger partial charge in [0.25, 0.3) is 0 Å². The Morgan fingerprint density at radius 3 is 2.71 bits per heavy atom. The summed E-state index contributed by atoms with van der Waals surface area (Å²) in [6.45, 7) is 1.21. The van der Waals surface area contributed by atoms with Crippen LogP contribution in [0.15, 0.2) is 42.5 Å². The van der Waals surface area contributed by atoms with Crippen LogP contribution in [-0.4, -0.2) is 49.9 Å². The highest BCUT2D eigenvalue weighted by molar-refractivity contribution is 14.1. The van der Waals surface area contributed by atoms with Crippen molar-refractivity contribution in [1.82, 2.24) is 30.6 Å². The Kier molecular flexibility index (Phi) is 9.48. The molecule has 3 N–H and O–H groups in total. The van der Waals surface area contributed by atoms with Crippen molar-refractivity contribution < 1.29 is 23.8 Å². The van der Waals surface area contributed by atoms with Gasteiger partial charge in [-0.2, -0.15) is 0 Å². The number of carbonyl (C=O) groups is 2. The summed E-state index contributed by atoms with van der Waals surface area (Å²) in [7, 11) is 0. The van der Waals surface area contributed by atoms with Crippen LogP contribution >= 0.6 is 22.6 Å². The number of aromatic nitrogens is 4. The third kappa shape index (κ3) is 6.77. The molecule has 3 aromatic rings. The van der Waals surface area contributed by atoms with Crippen LogP contribution in [0.1, 0.15) is 48.7 Å². The van der Waals surface area contributed by atoms with Gasteiger partial charge in [-0.05, 0) is 50.3 Å². The van der Waals surface area contributed by atoms with Gasteiger partial charge in [0.05, 0.1) is 46.2 Å². The molecule has 0 bridgehead atoms. The van der Waals surface area contributed by atoms with E-state index in [4.69, 9.17) is 4.74 Å². The van der Waals surface area contributed by atoms with E-state index in [0.29, 0.717) is 51.5 Å². The molecule has 1 saturated carbocycles. The van der Waals surface area contributed by atoms with Crippen LogP contribution in [0.5, 0.6) is 5.75 Å². The maximum atomic E-state index is 13.6.